The molecule has 0 spiro atoms. The zero-order chi connectivity index (χ0) is 20.5. The molecule has 0 saturated carbocycles. The van der Waals surface area contributed by atoms with E-state index in [0.29, 0.717) is 11.3 Å². The molecule has 2 aromatic heterocycles. The summed E-state index contributed by atoms with van der Waals surface area (Å²) < 4.78 is 0. The third-order valence-corrected chi connectivity index (χ3v) is 7.52. The lowest BCUT2D eigenvalue weighted by molar-refractivity contribution is 0.252. The molecular weight excluding hydrogens is 400 g/mol. The van der Waals surface area contributed by atoms with Crippen molar-refractivity contribution in [1.82, 2.24) is 14.9 Å². The van der Waals surface area contributed by atoms with Gasteiger partial charge in [-0.25, -0.2) is 4.98 Å². The number of hydrogen-bond acceptors (Lipinski definition) is 5. The van der Waals surface area contributed by atoms with Gasteiger partial charge in [0.1, 0.15) is 10.6 Å². The Morgan fingerprint density at radius 1 is 1.10 bits per heavy atom. The Labute approximate surface area is 182 Å². The molecule has 0 unspecified atom stereocenters. The van der Waals surface area contributed by atoms with Crippen molar-refractivity contribution in [2.45, 2.75) is 45.6 Å². The summed E-state index contributed by atoms with van der Waals surface area (Å²) in [5.74, 6) is 0.972. The fraction of sp³-hybridized carbons (Fsp3) is 0.478. The maximum absolute atomic E-state index is 6.37. The molecule has 4 nitrogen and oxygen atoms in total. The minimum atomic E-state index is 0.337. The van der Waals surface area contributed by atoms with Crippen LogP contribution in [0.1, 0.15) is 37.1 Å². The molecule has 1 aliphatic rings. The molecule has 1 saturated heterocycles. The smallest absolute Gasteiger partial charge is 0.225 e. The Bertz CT molecular complexity index is 990. The summed E-state index contributed by atoms with van der Waals surface area (Å²) >= 11 is 8.12. The summed E-state index contributed by atoms with van der Waals surface area (Å²) in [5.41, 5.74) is 3.88. The van der Waals surface area contributed by atoms with E-state index in [-0.39, 0.29) is 0 Å². The molecular formula is C23H29ClN4S. The van der Waals surface area contributed by atoms with Crippen LogP contribution < -0.4 is 4.90 Å². The first-order chi connectivity index (χ1) is 14.0. The Morgan fingerprint density at radius 3 is 2.41 bits per heavy atom. The predicted molar refractivity (Wildman–Crippen MR) is 126 cm³/mol. The molecule has 0 bridgehead atoms. The summed E-state index contributed by atoms with van der Waals surface area (Å²) in [6.07, 6.45) is 4.30. The highest BCUT2D eigenvalue weighted by Crippen LogP contribution is 2.43. The molecule has 29 heavy (non-hydrogen) atoms. The first-order valence-corrected chi connectivity index (χ1v) is 11.7. The zero-order valence-corrected chi connectivity index (χ0v) is 19.3. The lowest BCUT2D eigenvalue weighted by Crippen LogP contribution is -2.42. The number of piperidine rings is 1. The summed E-state index contributed by atoms with van der Waals surface area (Å²) in [6, 6.07) is 9.42. The van der Waals surface area contributed by atoms with E-state index in [0.717, 1.165) is 54.8 Å². The highest BCUT2D eigenvalue weighted by atomic mass is 35.5. The molecule has 1 aliphatic heterocycles. The van der Waals surface area contributed by atoms with Gasteiger partial charge in [0, 0.05) is 23.5 Å². The first-order valence-electron chi connectivity index (χ1n) is 10.5. The summed E-state index contributed by atoms with van der Waals surface area (Å²) in [7, 11) is 4.36. The minimum Gasteiger partial charge on any atom is -0.356 e. The Morgan fingerprint density at radius 2 is 1.79 bits per heavy atom. The molecule has 0 radical (unpaired) electrons. The van der Waals surface area contributed by atoms with Crippen molar-refractivity contribution in [3.8, 4) is 11.1 Å². The number of aromatic nitrogens is 2. The van der Waals surface area contributed by atoms with Gasteiger partial charge in [0.15, 0.2) is 0 Å². The van der Waals surface area contributed by atoms with Crippen LogP contribution in [0.25, 0.3) is 21.3 Å². The number of anilines is 1. The molecule has 3 heterocycles. The van der Waals surface area contributed by atoms with Crippen LogP contribution in [0.3, 0.4) is 0 Å². The molecule has 1 fully saturated rings. The lowest BCUT2D eigenvalue weighted by atomic mass is 9.99. The number of likely N-dealkylation sites (tertiary alicyclic amines) is 1. The van der Waals surface area contributed by atoms with Gasteiger partial charge < -0.3 is 9.80 Å². The van der Waals surface area contributed by atoms with Crippen molar-refractivity contribution in [1.29, 1.82) is 0 Å². The molecule has 6 heteroatoms. The fourth-order valence-electron chi connectivity index (χ4n) is 4.28. The standard InChI is InChI=1S/C23H29ClN4S/c1-5-15-7-9-16(10-8-15)19-18(6-2)29-22-20(19)21(25-23(24)26-22)28(4)17-11-13-27(3)14-12-17/h7-10,17H,5-6,11-14H2,1-4H3. The van der Waals surface area contributed by atoms with Crippen LogP contribution >= 0.6 is 22.9 Å². The molecule has 1 aromatic carbocycles. The van der Waals surface area contributed by atoms with E-state index in [1.807, 2.05) is 0 Å². The van der Waals surface area contributed by atoms with Gasteiger partial charge in [0.25, 0.3) is 0 Å². The Hall–Kier alpha value is -1.69. The van der Waals surface area contributed by atoms with E-state index < -0.39 is 0 Å². The van der Waals surface area contributed by atoms with Gasteiger partial charge in [-0.1, -0.05) is 38.1 Å². The molecule has 3 aromatic rings. The van der Waals surface area contributed by atoms with Crippen LogP contribution in [0.15, 0.2) is 24.3 Å². The van der Waals surface area contributed by atoms with Crippen LogP contribution in [0, 0.1) is 0 Å². The molecule has 0 amide bonds. The van der Waals surface area contributed by atoms with Gasteiger partial charge in [0.05, 0.1) is 5.39 Å². The molecule has 154 valence electrons. The number of halogens is 1. The highest BCUT2D eigenvalue weighted by Gasteiger charge is 2.26. The van der Waals surface area contributed by atoms with Crippen molar-refractivity contribution in [2.24, 2.45) is 0 Å². The largest absolute Gasteiger partial charge is 0.356 e. The molecule has 0 N–H and O–H groups in total. The van der Waals surface area contributed by atoms with Crippen molar-refractivity contribution in [3.05, 3.63) is 40.0 Å². The Kier molecular flexibility index (Phi) is 6.09. The summed E-state index contributed by atoms with van der Waals surface area (Å²) in [6.45, 7) is 6.64. The van der Waals surface area contributed by atoms with E-state index in [2.05, 4.69) is 67.0 Å². The number of rotatable bonds is 5. The van der Waals surface area contributed by atoms with Gasteiger partial charge >= 0.3 is 0 Å². The topological polar surface area (TPSA) is 32.3 Å². The quantitative estimate of drug-likeness (QED) is 0.490. The Balaban J connectivity index is 1.86. The monoisotopic (exact) mass is 428 g/mol. The van der Waals surface area contributed by atoms with Crippen molar-refractivity contribution >= 4 is 39.0 Å². The first kappa shape index (κ1) is 20.6. The van der Waals surface area contributed by atoms with Crippen LogP contribution in [0.5, 0.6) is 0 Å². The van der Waals surface area contributed by atoms with Crippen molar-refractivity contribution < 1.29 is 0 Å². The van der Waals surface area contributed by atoms with Gasteiger partial charge in [-0.05, 0) is 68.5 Å². The number of thiophene rings is 1. The zero-order valence-electron chi connectivity index (χ0n) is 17.7. The van der Waals surface area contributed by atoms with Crippen molar-refractivity contribution in [2.75, 3.05) is 32.1 Å². The third-order valence-electron chi connectivity index (χ3n) is 6.12. The SMILES string of the molecule is CCc1ccc(-c2c(CC)sc3nc(Cl)nc(N(C)C4CCN(C)CC4)c23)cc1. The van der Waals surface area contributed by atoms with Gasteiger partial charge in [-0.15, -0.1) is 11.3 Å². The number of benzene rings is 1. The maximum atomic E-state index is 6.37. The van der Waals surface area contributed by atoms with E-state index in [9.17, 15) is 0 Å². The minimum absolute atomic E-state index is 0.337. The number of fused-ring (bicyclic) bond motifs is 1. The van der Waals surface area contributed by atoms with Crippen LogP contribution in [0.2, 0.25) is 5.28 Å². The van der Waals surface area contributed by atoms with E-state index in [1.165, 1.54) is 21.6 Å². The second-order valence-corrected chi connectivity index (χ2v) is 9.37. The maximum Gasteiger partial charge on any atom is 0.225 e. The number of aryl methyl sites for hydroxylation is 2. The van der Waals surface area contributed by atoms with Gasteiger partial charge in [-0.2, -0.15) is 4.98 Å². The lowest BCUT2D eigenvalue weighted by Gasteiger charge is -2.36. The number of hydrogen-bond donors (Lipinski definition) is 0. The highest BCUT2D eigenvalue weighted by molar-refractivity contribution is 7.19. The van der Waals surface area contributed by atoms with Crippen LogP contribution in [-0.2, 0) is 12.8 Å². The van der Waals surface area contributed by atoms with Gasteiger partial charge in [0.2, 0.25) is 5.28 Å². The van der Waals surface area contributed by atoms with E-state index in [1.54, 1.807) is 11.3 Å². The molecule has 4 rings (SSSR count). The second-order valence-electron chi connectivity index (χ2n) is 7.95. The predicted octanol–water partition coefficient (Wildman–Crippen LogP) is 5.67. The molecule has 0 aliphatic carbocycles. The third kappa shape index (κ3) is 4.00. The molecule has 0 atom stereocenters. The summed E-state index contributed by atoms with van der Waals surface area (Å²) in [5, 5.41) is 1.49. The van der Waals surface area contributed by atoms with Crippen LogP contribution in [-0.4, -0.2) is 48.1 Å². The van der Waals surface area contributed by atoms with E-state index in [4.69, 9.17) is 16.6 Å². The van der Waals surface area contributed by atoms with Crippen molar-refractivity contribution in [3.63, 3.8) is 0 Å². The number of nitrogens with zero attached hydrogens (tertiary/aromatic N) is 4. The second kappa shape index (κ2) is 8.58. The fourth-order valence-corrected chi connectivity index (χ4v) is 5.62. The van der Waals surface area contributed by atoms with Gasteiger partial charge in [-0.3, -0.25) is 0 Å². The average Bonchev–Trinajstić information content (AvgIpc) is 3.11. The van der Waals surface area contributed by atoms with Crippen LogP contribution in [0.4, 0.5) is 5.82 Å². The van der Waals surface area contributed by atoms with E-state index >= 15 is 0 Å². The summed E-state index contributed by atoms with van der Waals surface area (Å²) in [4.78, 5) is 16.4. The average molecular weight is 429 g/mol. The normalized spacial score (nSPS) is 15.9.